The highest BCUT2D eigenvalue weighted by molar-refractivity contribution is 6.03. The molecule has 27 heavy (non-hydrogen) atoms. The van der Waals surface area contributed by atoms with Gasteiger partial charge >= 0.3 is 0 Å². The van der Waals surface area contributed by atoms with Crippen molar-refractivity contribution >= 4 is 23.3 Å². The van der Waals surface area contributed by atoms with Crippen LogP contribution in [0.2, 0.25) is 0 Å². The van der Waals surface area contributed by atoms with E-state index in [4.69, 9.17) is 0 Å². The van der Waals surface area contributed by atoms with Crippen LogP contribution in [0.3, 0.4) is 0 Å². The van der Waals surface area contributed by atoms with E-state index in [1.54, 1.807) is 35.4 Å². The molecule has 1 unspecified atom stereocenters. The van der Waals surface area contributed by atoms with E-state index >= 15 is 0 Å². The molecule has 1 aliphatic heterocycles. The third-order valence-electron chi connectivity index (χ3n) is 4.29. The number of halogens is 1. The highest BCUT2D eigenvalue weighted by Crippen LogP contribution is 2.26. The molecule has 1 fully saturated rings. The summed E-state index contributed by atoms with van der Waals surface area (Å²) in [5, 5.41) is 2.71. The van der Waals surface area contributed by atoms with Gasteiger partial charge in [0.1, 0.15) is 30.1 Å². The van der Waals surface area contributed by atoms with Gasteiger partial charge in [-0.25, -0.2) is 19.3 Å². The second-order valence-electron chi connectivity index (χ2n) is 6.11. The van der Waals surface area contributed by atoms with E-state index in [0.29, 0.717) is 17.3 Å². The largest absolute Gasteiger partial charge is 0.311 e. The van der Waals surface area contributed by atoms with Crippen molar-refractivity contribution in [2.75, 3.05) is 16.8 Å². The summed E-state index contributed by atoms with van der Waals surface area (Å²) in [6.07, 6.45) is 6.32. The molecular weight excluding hydrogens is 351 g/mol. The Bertz CT molecular complexity index is 991. The fourth-order valence-corrected chi connectivity index (χ4v) is 2.96. The van der Waals surface area contributed by atoms with Crippen LogP contribution < -0.4 is 10.2 Å². The summed E-state index contributed by atoms with van der Waals surface area (Å²) in [6.45, 7) is 0.188. The Morgan fingerprint density at radius 3 is 2.93 bits per heavy atom. The predicted octanol–water partition coefficient (Wildman–Crippen LogP) is 1.79. The number of rotatable bonds is 4. The van der Waals surface area contributed by atoms with Crippen molar-refractivity contribution in [2.45, 2.75) is 6.42 Å². The Labute approximate surface area is 153 Å². The van der Waals surface area contributed by atoms with Crippen LogP contribution >= 0.6 is 0 Å². The number of hydrogen-bond donors (Lipinski definition) is 1. The minimum Gasteiger partial charge on any atom is -0.311 e. The molecule has 4 rings (SSSR count). The van der Waals surface area contributed by atoms with E-state index in [-0.39, 0.29) is 24.8 Å². The molecule has 2 aromatic heterocycles. The fourth-order valence-electron chi connectivity index (χ4n) is 2.96. The third kappa shape index (κ3) is 3.52. The van der Waals surface area contributed by atoms with Crippen LogP contribution in [0.25, 0.3) is 5.82 Å². The van der Waals surface area contributed by atoms with Crippen LogP contribution in [0.1, 0.15) is 6.42 Å². The van der Waals surface area contributed by atoms with E-state index in [1.807, 2.05) is 0 Å². The van der Waals surface area contributed by atoms with Gasteiger partial charge in [0.2, 0.25) is 11.8 Å². The van der Waals surface area contributed by atoms with Gasteiger partial charge in [0.05, 0.1) is 5.92 Å². The van der Waals surface area contributed by atoms with Gasteiger partial charge in [-0.3, -0.25) is 14.2 Å². The molecular formula is C18H15FN6O2. The van der Waals surface area contributed by atoms with Crippen LogP contribution in [0, 0.1) is 11.7 Å². The lowest BCUT2D eigenvalue weighted by Crippen LogP contribution is -2.28. The van der Waals surface area contributed by atoms with Crippen molar-refractivity contribution in [2.24, 2.45) is 5.92 Å². The first kappa shape index (κ1) is 16.8. The maximum atomic E-state index is 13.4. The Balaban J connectivity index is 1.46. The van der Waals surface area contributed by atoms with E-state index in [9.17, 15) is 14.0 Å². The van der Waals surface area contributed by atoms with Gasteiger partial charge in [-0.05, 0) is 18.2 Å². The number of aromatic nitrogens is 4. The molecule has 1 atom stereocenters. The smallest absolute Gasteiger partial charge is 0.230 e. The zero-order valence-electron chi connectivity index (χ0n) is 14.1. The fraction of sp³-hybridized carbons (Fsp3) is 0.167. The monoisotopic (exact) mass is 366 g/mol. The lowest BCUT2D eigenvalue weighted by molar-refractivity contribution is -0.122. The second-order valence-corrected chi connectivity index (χ2v) is 6.11. The average molecular weight is 366 g/mol. The van der Waals surface area contributed by atoms with Gasteiger partial charge in [0, 0.05) is 37.1 Å². The van der Waals surface area contributed by atoms with E-state index in [0.717, 1.165) is 0 Å². The normalized spacial score (nSPS) is 16.6. The summed E-state index contributed by atoms with van der Waals surface area (Å²) in [4.78, 5) is 38.3. The maximum absolute atomic E-state index is 13.4. The molecule has 3 heterocycles. The lowest BCUT2D eigenvalue weighted by Gasteiger charge is -2.16. The first-order chi connectivity index (χ1) is 13.1. The molecule has 0 aliphatic carbocycles. The van der Waals surface area contributed by atoms with Gasteiger partial charge in [0.25, 0.3) is 0 Å². The first-order valence-electron chi connectivity index (χ1n) is 8.27. The van der Waals surface area contributed by atoms with Crippen molar-refractivity contribution in [3.05, 3.63) is 61.2 Å². The summed E-state index contributed by atoms with van der Waals surface area (Å²) < 4.78 is 15.1. The summed E-state index contributed by atoms with van der Waals surface area (Å²) in [5.41, 5.74) is 0.444. The zero-order chi connectivity index (χ0) is 18.8. The van der Waals surface area contributed by atoms with Gasteiger partial charge in [-0.1, -0.05) is 6.07 Å². The quantitative estimate of drug-likeness (QED) is 0.760. The maximum Gasteiger partial charge on any atom is 0.230 e. The van der Waals surface area contributed by atoms with E-state index in [1.165, 1.54) is 29.4 Å². The molecule has 2 amide bonds. The lowest BCUT2D eigenvalue weighted by atomic mass is 10.1. The van der Waals surface area contributed by atoms with Gasteiger partial charge < -0.3 is 10.2 Å². The number of carbonyl (C=O) groups excluding carboxylic acids is 2. The predicted molar refractivity (Wildman–Crippen MR) is 94.6 cm³/mol. The van der Waals surface area contributed by atoms with Crippen LogP contribution in [0.15, 0.2) is 55.4 Å². The van der Waals surface area contributed by atoms with Crippen LogP contribution in [0.5, 0.6) is 0 Å². The number of carbonyl (C=O) groups is 2. The Hall–Kier alpha value is -3.62. The summed E-state index contributed by atoms with van der Waals surface area (Å²) in [6, 6.07) is 7.37. The van der Waals surface area contributed by atoms with Gasteiger partial charge in [-0.15, -0.1) is 0 Å². The molecule has 1 saturated heterocycles. The molecule has 0 radical (unpaired) electrons. The summed E-state index contributed by atoms with van der Waals surface area (Å²) in [7, 11) is 0. The molecule has 1 aromatic carbocycles. The number of benzene rings is 1. The number of amides is 2. The zero-order valence-corrected chi connectivity index (χ0v) is 14.1. The van der Waals surface area contributed by atoms with Crippen LogP contribution in [-0.2, 0) is 9.59 Å². The molecule has 8 nitrogen and oxygen atoms in total. The molecule has 0 spiro atoms. The molecule has 0 bridgehead atoms. The molecule has 1 aliphatic rings. The topological polar surface area (TPSA) is 93.0 Å². The Kier molecular flexibility index (Phi) is 4.33. The molecule has 0 saturated carbocycles. The standard InChI is InChI=1S/C18H15FN6O2/c19-13-2-1-3-14(7-13)25-9-12(6-17(25)26)18(27)23-15-8-16(22-10-21-15)24-5-4-20-11-24/h1-5,7-8,10-12H,6,9H2,(H,21,22,23,27). The molecule has 136 valence electrons. The minimum absolute atomic E-state index is 0.0573. The van der Waals surface area contributed by atoms with Crippen molar-refractivity contribution in [1.29, 1.82) is 0 Å². The number of imidazole rings is 1. The first-order valence-corrected chi connectivity index (χ1v) is 8.27. The highest BCUT2D eigenvalue weighted by Gasteiger charge is 2.35. The number of hydrogen-bond acceptors (Lipinski definition) is 5. The highest BCUT2D eigenvalue weighted by atomic mass is 19.1. The second kappa shape index (κ2) is 6.94. The van der Waals surface area contributed by atoms with Crippen molar-refractivity contribution < 1.29 is 14.0 Å². The van der Waals surface area contributed by atoms with E-state index < -0.39 is 11.7 Å². The molecule has 3 aromatic rings. The molecule has 1 N–H and O–H groups in total. The van der Waals surface area contributed by atoms with E-state index in [2.05, 4.69) is 20.3 Å². The summed E-state index contributed by atoms with van der Waals surface area (Å²) >= 11 is 0. The Morgan fingerprint density at radius 2 is 2.15 bits per heavy atom. The van der Waals surface area contributed by atoms with Gasteiger partial charge in [-0.2, -0.15) is 0 Å². The van der Waals surface area contributed by atoms with Crippen LogP contribution in [-0.4, -0.2) is 37.9 Å². The van der Waals surface area contributed by atoms with Crippen molar-refractivity contribution in [1.82, 2.24) is 19.5 Å². The SMILES string of the molecule is O=C(Nc1cc(-n2ccnc2)ncn1)C1CC(=O)N(c2cccc(F)c2)C1. The molecule has 9 heteroatoms. The summed E-state index contributed by atoms with van der Waals surface area (Å²) in [5.74, 6) is -0.634. The van der Waals surface area contributed by atoms with Crippen LogP contribution in [0.4, 0.5) is 15.9 Å². The van der Waals surface area contributed by atoms with Crippen molar-refractivity contribution in [3.8, 4) is 5.82 Å². The van der Waals surface area contributed by atoms with Gasteiger partial charge in [0.15, 0.2) is 0 Å². The van der Waals surface area contributed by atoms with Crippen molar-refractivity contribution in [3.63, 3.8) is 0 Å². The third-order valence-corrected chi connectivity index (χ3v) is 4.29. The average Bonchev–Trinajstić information content (AvgIpc) is 3.32. The number of nitrogens with one attached hydrogen (secondary N) is 1. The number of nitrogens with zero attached hydrogens (tertiary/aromatic N) is 5. The Morgan fingerprint density at radius 1 is 1.26 bits per heavy atom. The number of anilines is 2. The minimum atomic E-state index is -0.549.